The Hall–Kier alpha value is -4.07. The summed E-state index contributed by atoms with van der Waals surface area (Å²) in [7, 11) is 0. The lowest BCUT2D eigenvalue weighted by Gasteiger charge is -2.11. The van der Waals surface area contributed by atoms with Crippen molar-refractivity contribution in [3.8, 4) is 11.4 Å². The minimum Gasteiger partial charge on any atom is -0.349 e. The molecule has 0 fully saturated rings. The highest BCUT2D eigenvalue weighted by Gasteiger charge is 2.13. The quantitative estimate of drug-likeness (QED) is 0.427. The molecule has 3 heterocycles. The van der Waals surface area contributed by atoms with Crippen LogP contribution in [0.5, 0.6) is 0 Å². The van der Waals surface area contributed by atoms with Crippen LogP contribution in [-0.2, 0) is 6.42 Å². The van der Waals surface area contributed by atoms with E-state index in [0.717, 1.165) is 35.6 Å². The predicted molar refractivity (Wildman–Crippen MR) is 120 cm³/mol. The van der Waals surface area contributed by atoms with E-state index in [1.54, 1.807) is 35.1 Å². The van der Waals surface area contributed by atoms with Crippen LogP contribution in [0.1, 0.15) is 29.4 Å². The first-order valence-electron chi connectivity index (χ1n) is 10.1. The number of rotatable bonds is 8. The number of carbonyl (C=O) groups is 1. The fourth-order valence-corrected chi connectivity index (χ4v) is 3.16. The van der Waals surface area contributed by atoms with Crippen molar-refractivity contribution >= 4 is 23.2 Å². The van der Waals surface area contributed by atoms with Gasteiger partial charge in [0.2, 0.25) is 0 Å². The first-order chi connectivity index (χ1) is 15.2. The van der Waals surface area contributed by atoms with Gasteiger partial charge in [0.25, 0.3) is 11.7 Å². The zero-order valence-electron chi connectivity index (χ0n) is 17.2. The van der Waals surface area contributed by atoms with E-state index >= 15 is 0 Å². The van der Waals surface area contributed by atoms with Crippen molar-refractivity contribution in [1.82, 2.24) is 29.9 Å². The van der Waals surface area contributed by atoms with Crippen LogP contribution in [0, 0.1) is 0 Å². The highest BCUT2D eigenvalue weighted by molar-refractivity contribution is 5.95. The van der Waals surface area contributed by atoms with Gasteiger partial charge >= 0.3 is 0 Å². The number of pyridine rings is 1. The van der Waals surface area contributed by atoms with E-state index in [-0.39, 0.29) is 5.91 Å². The normalized spacial score (nSPS) is 10.7. The molecule has 8 nitrogen and oxygen atoms in total. The maximum Gasteiger partial charge on any atom is 0.254 e. The number of carbonyl (C=O) groups excluding carboxylic acids is 1. The average Bonchev–Trinajstić information content (AvgIpc) is 3.23. The van der Waals surface area contributed by atoms with Gasteiger partial charge in [0.1, 0.15) is 5.82 Å². The average molecular weight is 413 g/mol. The highest BCUT2D eigenvalue weighted by atomic mass is 16.1. The van der Waals surface area contributed by atoms with Crippen molar-refractivity contribution in [3.05, 3.63) is 78.8 Å². The second-order valence-electron chi connectivity index (χ2n) is 6.98. The van der Waals surface area contributed by atoms with Crippen LogP contribution in [0.3, 0.4) is 0 Å². The third kappa shape index (κ3) is 4.58. The van der Waals surface area contributed by atoms with Crippen LogP contribution < -0.4 is 10.6 Å². The number of hydrogen-bond acceptors (Lipinski definition) is 6. The Morgan fingerprint density at radius 1 is 1.19 bits per heavy atom. The van der Waals surface area contributed by atoms with E-state index in [1.165, 1.54) is 0 Å². The lowest BCUT2D eigenvalue weighted by molar-refractivity contribution is 0.0958. The van der Waals surface area contributed by atoms with Gasteiger partial charge in [0.15, 0.2) is 5.82 Å². The van der Waals surface area contributed by atoms with Gasteiger partial charge in [-0.15, -0.1) is 11.7 Å². The molecule has 0 aliphatic rings. The summed E-state index contributed by atoms with van der Waals surface area (Å²) >= 11 is 0. The minimum absolute atomic E-state index is 0.158. The molecule has 4 aromatic rings. The molecule has 8 heteroatoms. The van der Waals surface area contributed by atoms with Crippen molar-refractivity contribution < 1.29 is 4.79 Å². The summed E-state index contributed by atoms with van der Waals surface area (Å²) in [6, 6.07) is 13.0. The fourth-order valence-electron chi connectivity index (χ4n) is 3.16. The number of aryl methyl sites for hydroxylation is 1. The van der Waals surface area contributed by atoms with E-state index in [2.05, 4.69) is 44.2 Å². The summed E-state index contributed by atoms with van der Waals surface area (Å²) in [5, 5.41) is 10.8. The number of fused-ring (bicyclic) bond motifs is 1. The Morgan fingerprint density at radius 3 is 2.87 bits per heavy atom. The summed E-state index contributed by atoms with van der Waals surface area (Å²) in [5.74, 6) is 1.62. The number of amides is 1. The van der Waals surface area contributed by atoms with Crippen LogP contribution >= 0.6 is 0 Å². The summed E-state index contributed by atoms with van der Waals surface area (Å²) in [6.07, 6.45) is 6.87. The molecule has 0 radical (unpaired) electrons. The Labute approximate surface area is 180 Å². The third-order valence-corrected chi connectivity index (χ3v) is 4.60. The highest BCUT2D eigenvalue weighted by Crippen LogP contribution is 2.22. The van der Waals surface area contributed by atoms with Crippen LogP contribution in [-0.4, -0.2) is 37.0 Å². The first kappa shape index (κ1) is 20.2. The molecule has 0 aliphatic carbocycles. The van der Waals surface area contributed by atoms with Crippen molar-refractivity contribution in [2.24, 2.45) is 0 Å². The molecule has 4 rings (SSSR count). The van der Waals surface area contributed by atoms with Gasteiger partial charge in [0.05, 0.1) is 0 Å². The lowest BCUT2D eigenvalue weighted by atomic mass is 10.2. The van der Waals surface area contributed by atoms with E-state index in [9.17, 15) is 4.79 Å². The second kappa shape index (κ2) is 9.17. The number of nitrogens with zero attached hydrogens (tertiary/aromatic N) is 5. The number of hydrogen-bond donors (Lipinski definition) is 2. The first-order valence-corrected chi connectivity index (χ1v) is 10.1. The SMILES string of the molecule is C=CCNC(=O)c1cccc(Nc2cc(CCC)nc3nc(-c4cccnc4)nn23)c1. The van der Waals surface area contributed by atoms with E-state index in [1.807, 2.05) is 30.3 Å². The molecule has 0 atom stereocenters. The van der Waals surface area contributed by atoms with Gasteiger partial charge < -0.3 is 10.6 Å². The Balaban J connectivity index is 1.71. The van der Waals surface area contributed by atoms with Gasteiger partial charge in [-0.3, -0.25) is 9.78 Å². The van der Waals surface area contributed by atoms with Crippen molar-refractivity contribution in [3.63, 3.8) is 0 Å². The van der Waals surface area contributed by atoms with Crippen molar-refractivity contribution in [2.75, 3.05) is 11.9 Å². The Kier molecular flexibility index (Phi) is 5.98. The standard InChI is InChI=1S/C23H23N7O/c1-3-7-18-14-20(26-19-10-5-8-16(13-19)22(31)25-11-4-2)30-23(27-18)28-21(29-30)17-9-6-12-24-15-17/h4-6,8-10,12-15,26H,2-3,7,11H2,1H3,(H,25,31). The van der Waals surface area contributed by atoms with Crippen LogP contribution in [0.4, 0.5) is 11.5 Å². The molecule has 0 spiro atoms. The maximum absolute atomic E-state index is 12.3. The number of anilines is 2. The molecule has 0 saturated carbocycles. The monoisotopic (exact) mass is 413 g/mol. The minimum atomic E-state index is -0.158. The summed E-state index contributed by atoms with van der Waals surface area (Å²) < 4.78 is 1.67. The zero-order chi connectivity index (χ0) is 21.6. The smallest absolute Gasteiger partial charge is 0.254 e. The molecule has 0 saturated heterocycles. The van der Waals surface area contributed by atoms with Crippen LogP contribution in [0.2, 0.25) is 0 Å². The number of benzene rings is 1. The van der Waals surface area contributed by atoms with Crippen LogP contribution in [0.25, 0.3) is 17.2 Å². The number of aromatic nitrogens is 5. The summed E-state index contributed by atoms with van der Waals surface area (Å²) in [5.41, 5.74) is 3.06. The Bertz CT molecular complexity index is 1220. The van der Waals surface area contributed by atoms with E-state index in [0.29, 0.717) is 23.7 Å². The molecule has 156 valence electrons. The van der Waals surface area contributed by atoms with Crippen molar-refractivity contribution in [1.29, 1.82) is 0 Å². The molecule has 0 unspecified atom stereocenters. The summed E-state index contributed by atoms with van der Waals surface area (Å²) in [6.45, 7) is 6.14. The van der Waals surface area contributed by atoms with Gasteiger partial charge in [0, 0.05) is 47.5 Å². The lowest BCUT2D eigenvalue weighted by Crippen LogP contribution is -2.23. The van der Waals surface area contributed by atoms with Crippen LogP contribution in [0.15, 0.2) is 67.5 Å². The van der Waals surface area contributed by atoms with Crippen molar-refractivity contribution in [2.45, 2.75) is 19.8 Å². The van der Waals surface area contributed by atoms with Gasteiger partial charge in [-0.05, 0) is 36.8 Å². The van der Waals surface area contributed by atoms with Gasteiger partial charge in [-0.1, -0.05) is 25.5 Å². The van der Waals surface area contributed by atoms with Gasteiger partial charge in [-0.2, -0.15) is 9.50 Å². The molecule has 1 amide bonds. The predicted octanol–water partition coefficient (Wildman–Crippen LogP) is 3.80. The maximum atomic E-state index is 12.3. The molecule has 3 aromatic heterocycles. The molecule has 0 aliphatic heterocycles. The molecule has 2 N–H and O–H groups in total. The van der Waals surface area contributed by atoms with E-state index in [4.69, 9.17) is 0 Å². The largest absolute Gasteiger partial charge is 0.349 e. The molecule has 0 bridgehead atoms. The molecular formula is C23H23N7O. The van der Waals surface area contributed by atoms with Gasteiger partial charge in [-0.25, -0.2) is 4.98 Å². The molecular weight excluding hydrogens is 390 g/mol. The summed E-state index contributed by atoms with van der Waals surface area (Å²) in [4.78, 5) is 25.7. The zero-order valence-corrected chi connectivity index (χ0v) is 17.2. The van der Waals surface area contributed by atoms with E-state index < -0.39 is 0 Å². The second-order valence-corrected chi connectivity index (χ2v) is 6.98. The topological polar surface area (TPSA) is 97.1 Å². The fraction of sp³-hybridized carbons (Fsp3) is 0.174. The Morgan fingerprint density at radius 2 is 2.10 bits per heavy atom. The third-order valence-electron chi connectivity index (χ3n) is 4.60. The molecule has 1 aromatic carbocycles. The molecule has 31 heavy (non-hydrogen) atoms. The number of nitrogens with one attached hydrogen (secondary N) is 2.